The first kappa shape index (κ1) is 23.2. The van der Waals surface area contributed by atoms with Crippen LogP contribution in [0.25, 0.3) is 0 Å². The molecule has 1 amide bonds. The highest BCUT2D eigenvalue weighted by atomic mass is 32.2. The number of nitrogens with zero attached hydrogens (tertiary/aromatic N) is 1. The molecule has 4 rings (SSSR count). The summed E-state index contributed by atoms with van der Waals surface area (Å²) in [6.45, 7) is 4.26. The average molecular weight is 483 g/mol. The molecule has 0 aromatic heterocycles. The van der Waals surface area contributed by atoms with Crippen molar-refractivity contribution in [2.75, 3.05) is 22.5 Å². The number of carbonyl (C=O) groups excluding carboxylic acids is 1. The van der Waals surface area contributed by atoms with Crippen LogP contribution in [0.3, 0.4) is 0 Å². The van der Waals surface area contributed by atoms with Gasteiger partial charge in [0.15, 0.2) is 0 Å². The van der Waals surface area contributed by atoms with Crippen molar-refractivity contribution in [3.63, 3.8) is 0 Å². The molecule has 8 heteroatoms. The van der Waals surface area contributed by atoms with Gasteiger partial charge in [0.05, 0.1) is 17.8 Å². The van der Waals surface area contributed by atoms with E-state index in [-0.39, 0.29) is 16.2 Å². The van der Waals surface area contributed by atoms with E-state index in [1.165, 1.54) is 36.6 Å². The molecule has 0 aliphatic carbocycles. The lowest BCUT2D eigenvalue weighted by molar-refractivity contribution is -0.115. The third kappa shape index (κ3) is 5.02. The van der Waals surface area contributed by atoms with Crippen LogP contribution in [0.2, 0.25) is 0 Å². The van der Waals surface area contributed by atoms with Gasteiger partial charge in [0, 0.05) is 11.4 Å². The Labute approximate surface area is 199 Å². The van der Waals surface area contributed by atoms with E-state index in [0.717, 1.165) is 11.3 Å². The molecule has 0 bridgehead atoms. The van der Waals surface area contributed by atoms with Gasteiger partial charge in [-0.05, 0) is 65.6 Å². The summed E-state index contributed by atoms with van der Waals surface area (Å²) in [5.74, 6) is 1.40. The molecule has 1 aliphatic rings. The number of hydrogen-bond acceptors (Lipinski definition) is 5. The zero-order valence-corrected chi connectivity index (χ0v) is 20.3. The molecule has 1 fully saturated rings. The number of carbonyl (C=O) groups is 1. The average Bonchev–Trinajstić information content (AvgIpc) is 3.20. The topological polar surface area (TPSA) is 75.7 Å². The second-order valence-electron chi connectivity index (χ2n) is 8.08. The number of anilines is 2. The van der Waals surface area contributed by atoms with E-state index >= 15 is 0 Å². The van der Waals surface area contributed by atoms with E-state index in [0.29, 0.717) is 23.1 Å². The molecule has 33 heavy (non-hydrogen) atoms. The van der Waals surface area contributed by atoms with Crippen molar-refractivity contribution >= 4 is 39.1 Å². The maximum atomic E-state index is 12.8. The lowest BCUT2D eigenvalue weighted by atomic mass is 10.0. The van der Waals surface area contributed by atoms with Gasteiger partial charge in [-0.1, -0.05) is 38.1 Å². The van der Waals surface area contributed by atoms with Crippen LogP contribution in [0, 0.1) is 0 Å². The Balaban J connectivity index is 1.59. The molecule has 0 unspecified atom stereocenters. The normalized spacial score (nSPS) is 16.3. The second kappa shape index (κ2) is 9.49. The summed E-state index contributed by atoms with van der Waals surface area (Å²) in [6.07, 6.45) is 0. The molecule has 172 valence electrons. The maximum absolute atomic E-state index is 12.8. The fourth-order valence-corrected chi connectivity index (χ4v) is 5.91. The Morgan fingerprint density at radius 2 is 1.73 bits per heavy atom. The summed E-state index contributed by atoms with van der Waals surface area (Å²) in [6, 6.07) is 21.5. The van der Waals surface area contributed by atoms with Gasteiger partial charge in [-0.3, -0.25) is 14.4 Å². The molecule has 0 saturated carbocycles. The third-order valence-electron chi connectivity index (χ3n) is 5.50. The van der Waals surface area contributed by atoms with E-state index in [2.05, 4.69) is 18.6 Å². The van der Waals surface area contributed by atoms with Gasteiger partial charge in [0.25, 0.3) is 10.0 Å². The third-order valence-corrected chi connectivity index (χ3v) is 8.11. The number of rotatable bonds is 7. The summed E-state index contributed by atoms with van der Waals surface area (Å²) < 4.78 is 33.4. The highest BCUT2D eigenvalue weighted by Gasteiger charge is 2.34. The number of hydrogen-bond donors (Lipinski definition) is 1. The van der Waals surface area contributed by atoms with Gasteiger partial charge < -0.3 is 4.74 Å². The molecule has 3 aromatic rings. The lowest BCUT2D eigenvalue weighted by Crippen LogP contribution is -2.27. The van der Waals surface area contributed by atoms with Crippen LogP contribution < -0.4 is 14.4 Å². The van der Waals surface area contributed by atoms with E-state index < -0.39 is 10.0 Å². The number of amides is 1. The molecule has 1 heterocycles. The van der Waals surface area contributed by atoms with Crippen molar-refractivity contribution in [2.24, 2.45) is 0 Å². The Kier molecular flexibility index (Phi) is 6.67. The predicted octanol–water partition coefficient (Wildman–Crippen LogP) is 5.40. The predicted molar refractivity (Wildman–Crippen MR) is 133 cm³/mol. The van der Waals surface area contributed by atoms with Gasteiger partial charge in [-0.15, -0.1) is 11.8 Å². The monoisotopic (exact) mass is 482 g/mol. The highest BCUT2D eigenvalue weighted by molar-refractivity contribution is 8.00. The number of methoxy groups -OCH3 is 1. The standard InChI is InChI=1S/C25H26N2O4S2/c1-17(2)18-7-9-21(10-8-18)27-24(28)16-32-25(27)19-5-4-6-20(15-19)26-33(29,30)23-13-11-22(31-3)12-14-23/h4-15,17,25-26H,16H2,1-3H3/t25-/m0/s1. The molecule has 0 radical (unpaired) electrons. The van der Waals surface area contributed by atoms with Gasteiger partial charge >= 0.3 is 0 Å². The van der Waals surface area contributed by atoms with E-state index in [1.807, 2.05) is 30.3 Å². The zero-order chi connectivity index (χ0) is 23.6. The minimum atomic E-state index is -3.76. The zero-order valence-electron chi connectivity index (χ0n) is 18.7. The highest BCUT2D eigenvalue weighted by Crippen LogP contribution is 2.42. The van der Waals surface area contributed by atoms with Crippen molar-refractivity contribution in [2.45, 2.75) is 30.0 Å². The minimum Gasteiger partial charge on any atom is -0.497 e. The van der Waals surface area contributed by atoms with Crippen LogP contribution in [0.1, 0.15) is 36.3 Å². The van der Waals surface area contributed by atoms with E-state index in [4.69, 9.17) is 4.74 Å². The molecule has 1 atom stereocenters. The largest absolute Gasteiger partial charge is 0.497 e. The van der Waals surface area contributed by atoms with Gasteiger partial charge in [-0.2, -0.15) is 0 Å². The van der Waals surface area contributed by atoms with Crippen LogP contribution in [0.4, 0.5) is 11.4 Å². The van der Waals surface area contributed by atoms with Crippen LogP contribution in [0.5, 0.6) is 5.75 Å². The maximum Gasteiger partial charge on any atom is 0.261 e. The van der Waals surface area contributed by atoms with Crippen molar-refractivity contribution in [3.05, 3.63) is 83.9 Å². The smallest absolute Gasteiger partial charge is 0.261 e. The van der Waals surface area contributed by atoms with Crippen molar-refractivity contribution < 1.29 is 17.9 Å². The van der Waals surface area contributed by atoms with Crippen LogP contribution in [-0.2, 0) is 14.8 Å². The number of nitrogens with one attached hydrogen (secondary N) is 1. The fraction of sp³-hybridized carbons (Fsp3) is 0.240. The Bertz CT molecular complexity index is 1240. The summed E-state index contributed by atoms with van der Waals surface area (Å²) in [4.78, 5) is 14.6. The second-order valence-corrected chi connectivity index (χ2v) is 10.8. The molecular weight excluding hydrogens is 456 g/mol. The number of sulfonamides is 1. The molecular formula is C25H26N2O4S2. The Morgan fingerprint density at radius 1 is 1.03 bits per heavy atom. The van der Waals surface area contributed by atoms with Crippen molar-refractivity contribution in [1.29, 1.82) is 0 Å². The number of benzene rings is 3. The van der Waals surface area contributed by atoms with Gasteiger partial charge in [0.1, 0.15) is 11.1 Å². The SMILES string of the molecule is COc1ccc(S(=O)(=O)Nc2cccc([C@@H]3SCC(=O)N3c3ccc(C(C)C)cc3)c2)cc1. The summed E-state index contributed by atoms with van der Waals surface area (Å²) in [7, 11) is -2.23. The number of thioether (sulfide) groups is 1. The minimum absolute atomic E-state index is 0.0338. The summed E-state index contributed by atoms with van der Waals surface area (Å²) in [5.41, 5.74) is 3.35. The summed E-state index contributed by atoms with van der Waals surface area (Å²) >= 11 is 1.53. The summed E-state index contributed by atoms with van der Waals surface area (Å²) in [5, 5.41) is -0.229. The molecule has 6 nitrogen and oxygen atoms in total. The molecule has 3 aromatic carbocycles. The number of ether oxygens (including phenoxy) is 1. The molecule has 1 aliphatic heterocycles. The first-order valence-corrected chi connectivity index (χ1v) is 13.1. The van der Waals surface area contributed by atoms with Crippen LogP contribution in [0.15, 0.2) is 77.7 Å². The Hall–Kier alpha value is -2.97. The quantitative estimate of drug-likeness (QED) is 0.488. The van der Waals surface area contributed by atoms with Crippen molar-refractivity contribution in [3.8, 4) is 5.75 Å². The molecule has 1 N–H and O–H groups in total. The molecule has 1 saturated heterocycles. The van der Waals surface area contributed by atoms with Gasteiger partial charge in [-0.25, -0.2) is 8.42 Å². The van der Waals surface area contributed by atoms with Crippen LogP contribution >= 0.6 is 11.8 Å². The first-order chi connectivity index (χ1) is 15.8. The van der Waals surface area contributed by atoms with Gasteiger partial charge in [0.2, 0.25) is 5.91 Å². The van der Waals surface area contributed by atoms with E-state index in [9.17, 15) is 13.2 Å². The lowest BCUT2D eigenvalue weighted by Gasteiger charge is -2.25. The van der Waals surface area contributed by atoms with Crippen molar-refractivity contribution in [1.82, 2.24) is 0 Å². The van der Waals surface area contributed by atoms with E-state index in [1.54, 1.807) is 35.2 Å². The molecule has 0 spiro atoms. The first-order valence-electron chi connectivity index (χ1n) is 10.6. The van der Waals surface area contributed by atoms with Crippen LogP contribution in [-0.4, -0.2) is 27.2 Å². The Morgan fingerprint density at radius 3 is 2.36 bits per heavy atom. The fourth-order valence-electron chi connectivity index (χ4n) is 3.69.